The molecule has 2 aromatic heterocycles. The molecule has 2 aliphatic rings. The lowest BCUT2D eigenvalue weighted by Gasteiger charge is -2.33. The van der Waals surface area contributed by atoms with Crippen LogP contribution >= 0.6 is 0 Å². The third-order valence-electron chi connectivity index (χ3n) is 7.05. The first-order chi connectivity index (χ1) is 15.8. The molecule has 0 spiro atoms. The molecule has 6 heteroatoms. The summed E-state index contributed by atoms with van der Waals surface area (Å²) in [5, 5.41) is 1.25. The van der Waals surface area contributed by atoms with Crippen molar-refractivity contribution in [1.82, 2.24) is 19.0 Å². The van der Waals surface area contributed by atoms with Crippen LogP contribution in [-0.2, 0) is 20.0 Å². The highest BCUT2D eigenvalue weighted by atomic mass is 16.2. The first-order valence-corrected chi connectivity index (χ1v) is 11.9. The van der Waals surface area contributed by atoms with Gasteiger partial charge in [0.15, 0.2) is 5.82 Å². The van der Waals surface area contributed by atoms with Gasteiger partial charge < -0.3 is 19.8 Å². The number of imidazole rings is 1. The molecule has 4 aromatic rings. The number of rotatable bonds is 5. The molecule has 0 saturated heterocycles. The van der Waals surface area contributed by atoms with E-state index >= 15 is 0 Å². The Labute approximate surface area is 194 Å². The molecule has 2 N–H and O–H groups in total. The van der Waals surface area contributed by atoms with Gasteiger partial charge in [-0.3, -0.25) is 4.79 Å². The Kier molecular flexibility index (Phi) is 4.46. The molecule has 3 heterocycles. The van der Waals surface area contributed by atoms with E-state index in [4.69, 9.17) is 10.7 Å². The van der Waals surface area contributed by atoms with Gasteiger partial charge in [-0.05, 0) is 68.9 Å². The molecular weight excluding hydrogens is 410 g/mol. The van der Waals surface area contributed by atoms with Crippen LogP contribution in [0, 0.1) is 5.92 Å². The molecule has 6 rings (SSSR count). The summed E-state index contributed by atoms with van der Waals surface area (Å²) < 4.78 is 4.62. The van der Waals surface area contributed by atoms with Gasteiger partial charge in [0.05, 0.1) is 16.7 Å². The fraction of sp³-hybridized carbons (Fsp3) is 0.407. The number of carbonyl (C=O) groups excluding carboxylic acids is 1. The fourth-order valence-electron chi connectivity index (χ4n) is 5.24. The van der Waals surface area contributed by atoms with Crippen molar-refractivity contribution in [3.8, 4) is 11.5 Å². The van der Waals surface area contributed by atoms with E-state index in [1.807, 2.05) is 24.8 Å². The van der Waals surface area contributed by atoms with Crippen LogP contribution in [0.3, 0.4) is 0 Å². The van der Waals surface area contributed by atoms with E-state index in [2.05, 4.69) is 52.6 Å². The third kappa shape index (κ3) is 3.53. The Balaban J connectivity index is 1.46. The van der Waals surface area contributed by atoms with Gasteiger partial charge in [0.2, 0.25) is 0 Å². The highest BCUT2D eigenvalue weighted by molar-refractivity contribution is 6.00. The van der Waals surface area contributed by atoms with Crippen molar-refractivity contribution < 1.29 is 4.79 Å². The molecule has 1 amide bonds. The largest absolute Gasteiger partial charge is 0.338 e. The van der Waals surface area contributed by atoms with Crippen molar-refractivity contribution in [1.29, 1.82) is 0 Å². The lowest BCUT2D eigenvalue weighted by molar-refractivity contribution is 0.0708. The maximum Gasteiger partial charge on any atom is 0.254 e. The number of para-hydroxylation sites is 1. The number of amides is 1. The van der Waals surface area contributed by atoms with Crippen LogP contribution in [-0.4, -0.2) is 43.6 Å². The molecular formula is C27H31N5O. The number of hydrogen-bond acceptors (Lipinski definition) is 3. The summed E-state index contributed by atoms with van der Waals surface area (Å²) in [6, 6.07) is 15.0. The molecule has 6 nitrogen and oxygen atoms in total. The molecule has 1 aliphatic heterocycles. The molecule has 1 saturated carbocycles. The molecule has 170 valence electrons. The van der Waals surface area contributed by atoms with Gasteiger partial charge >= 0.3 is 0 Å². The molecule has 0 bridgehead atoms. The van der Waals surface area contributed by atoms with Crippen molar-refractivity contribution in [2.45, 2.75) is 45.2 Å². The Morgan fingerprint density at radius 1 is 1.12 bits per heavy atom. The zero-order valence-corrected chi connectivity index (χ0v) is 19.6. The molecule has 0 radical (unpaired) electrons. The molecule has 1 aliphatic carbocycles. The zero-order chi connectivity index (χ0) is 22.9. The van der Waals surface area contributed by atoms with Gasteiger partial charge in [0.25, 0.3) is 5.91 Å². The second-order valence-corrected chi connectivity index (χ2v) is 10.6. The van der Waals surface area contributed by atoms with Gasteiger partial charge in [-0.15, -0.1) is 0 Å². The van der Waals surface area contributed by atoms with Crippen molar-refractivity contribution in [2.24, 2.45) is 18.7 Å². The molecule has 2 aromatic carbocycles. The topological polar surface area (TPSA) is 69.1 Å². The van der Waals surface area contributed by atoms with Crippen LogP contribution in [0.25, 0.3) is 33.5 Å². The minimum Gasteiger partial charge on any atom is -0.338 e. The van der Waals surface area contributed by atoms with Gasteiger partial charge in [-0.25, -0.2) is 4.98 Å². The van der Waals surface area contributed by atoms with E-state index in [0.717, 1.165) is 52.6 Å². The number of aromatic nitrogens is 3. The van der Waals surface area contributed by atoms with E-state index in [0.29, 0.717) is 13.1 Å². The standard InChI is InChI=1S/C27H31N5O/c1-27(2,28)16-31-11-10-18-12-23-21(14-20(18)26(31)33)29-25(30(23)3)24-13-19-6-4-5-7-22(19)32(24)15-17-8-9-17/h4-7,12-14,17H,8-11,15-16,28H2,1-3H3. The lowest BCUT2D eigenvalue weighted by atomic mass is 9.96. The minimum atomic E-state index is -0.412. The van der Waals surface area contributed by atoms with Crippen molar-refractivity contribution in [3.05, 3.63) is 53.6 Å². The Hall–Kier alpha value is -3.12. The predicted molar refractivity (Wildman–Crippen MR) is 132 cm³/mol. The van der Waals surface area contributed by atoms with Crippen molar-refractivity contribution >= 4 is 27.8 Å². The highest BCUT2D eigenvalue weighted by Gasteiger charge is 2.30. The van der Waals surface area contributed by atoms with Crippen molar-refractivity contribution in [2.75, 3.05) is 13.1 Å². The summed E-state index contributed by atoms with van der Waals surface area (Å²) >= 11 is 0. The molecule has 33 heavy (non-hydrogen) atoms. The van der Waals surface area contributed by atoms with Gasteiger partial charge in [0.1, 0.15) is 0 Å². The number of carbonyl (C=O) groups is 1. The van der Waals surface area contributed by atoms with Crippen LogP contribution in [0.1, 0.15) is 42.6 Å². The summed E-state index contributed by atoms with van der Waals surface area (Å²) in [7, 11) is 2.09. The van der Waals surface area contributed by atoms with Crippen LogP contribution < -0.4 is 5.73 Å². The molecule has 0 atom stereocenters. The summed E-state index contributed by atoms with van der Waals surface area (Å²) in [4.78, 5) is 20.2. The van der Waals surface area contributed by atoms with Crippen LogP contribution in [0.4, 0.5) is 0 Å². The van der Waals surface area contributed by atoms with Gasteiger partial charge in [0, 0.05) is 48.7 Å². The average molecular weight is 442 g/mol. The van der Waals surface area contributed by atoms with Crippen LogP contribution in [0.2, 0.25) is 0 Å². The SMILES string of the molecule is Cn1c(-c2cc3ccccc3n2CC2CC2)nc2cc3c(cc21)CCN(CC(C)(C)N)C3=O. The normalized spacial score (nSPS) is 16.7. The zero-order valence-electron chi connectivity index (χ0n) is 19.6. The monoisotopic (exact) mass is 441 g/mol. The van der Waals surface area contributed by atoms with E-state index in [1.54, 1.807) is 0 Å². The Morgan fingerprint density at radius 2 is 1.91 bits per heavy atom. The number of hydrogen-bond donors (Lipinski definition) is 1. The number of nitrogens with zero attached hydrogens (tertiary/aromatic N) is 4. The first-order valence-electron chi connectivity index (χ1n) is 11.9. The predicted octanol–water partition coefficient (Wildman–Crippen LogP) is 4.34. The smallest absolute Gasteiger partial charge is 0.254 e. The molecule has 1 fully saturated rings. The van der Waals surface area contributed by atoms with Crippen molar-refractivity contribution in [3.63, 3.8) is 0 Å². The fourth-order valence-corrected chi connectivity index (χ4v) is 5.24. The quantitative estimate of drug-likeness (QED) is 0.501. The highest BCUT2D eigenvalue weighted by Crippen LogP contribution is 2.37. The van der Waals surface area contributed by atoms with Crippen LogP contribution in [0.5, 0.6) is 0 Å². The van der Waals surface area contributed by atoms with E-state index in [9.17, 15) is 4.79 Å². The summed E-state index contributed by atoms with van der Waals surface area (Å²) in [5.74, 6) is 1.78. The first kappa shape index (κ1) is 20.5. The summed E-state index contributed by atoms with van der Waals surface area (Å²) in [6.07, 6.45) is 3.45. The Bertz CT molecular complexity index is 1400. The molecule has 0 unspecified atom stereocenters. The summed E-state index contributed by atoms with van der Waals surface area (Å²) in [6.45, 7) is 6.22. The third-order valence-corrected chi connectivity index (χ3v) is 7.05. The van der Waals surface area contributed by atoms with E-state index in [-0.39, 0.29) is 5.91 Å². The second kappa shape index (κ2) is 7.19. The van der Waals surface area contributed by atoms with Gasteiger partial charge in [-0.2, -0.15) is 0 Å². The van der Waals surface area contributed by atoms with E-state index < -0.39 is 5.54 Å². The maximum absolute atomic E-state index is 13.2. The Morgan fingerprint density at radius 3 is 2.67 bits per heavy atom. The average Bonchev–Trinajstić information content (AvgIpc) is 3.44. The number of aryl methyl sites for hydroxylation is 1. The van der Waals surface area contributed by atoms with E-state index in [1.165, 1.54) is 23.7 Å². The number of nitrogens with two attached hydrogens (primary N) is 1. The van der Waals surface area contributed by atoms with Gasteiger partial charge in [-0.1, -0.05) is 18.2 Å². The number of benzene rings is 2. The minimum absolute atomic E-state index is 0.0618. The summed E-state index contributed by atoms with van der Waals surface area (Å²) in [5.41, 5.74) is 12.0. The van der Waals surface area contributed by atoms with Crippen LogP contribution in [0.15, 0.2) is 42.5 Å². The second-order valence-electron chi connectivity index (χ2n) is 10.6. The lowest BCUT2D eigenvalue weighted by Crippen LogP contribution is -2.49. The number of fused-ring (bicyclic) bond motifs is 3. The maximum atomic E-state index is 13.2.